The van der Waals surface area contributed by atoms with E-state index in [0.29, 0.717) is 11.3 Å². The molecule has 0 N–H and O–H groups in total. The molecule has 25 heavy (non-hydrogen) atoms. The van der Waals surface area contributed by atoms with Crippen LogP contribution in [0.1, 0.15) is 85.0 Å². The smallest absolute Gasteiger partial charge is 0.173 e. The Morgan fingerprint density at radius 1 is 0.760 bits per heavy atom. The number of rotatable bonds is 0. The summed E-state index contributed by atoms with van der Waals surface area (Å²) in [4.78, 5) is 0. The Balaban J connectivity index is 1.43. The quantitative estimate of drug-likeness (QED) is 0.552. The molecule has 5 rings (SSSR count). The van der Waals surface area contributed by atoms with Crippen molar-refractivity contribution in [3.05, 3.63) is 0 Å². The molecule has 5 aliphatic rings. The van der Waals surface area contributed by atoms with E-state index < -0.39 is 0 Å². The first kappa shape index (κ1) is 17.0. The molecule has 0 aromatic heterocycles. The fourth-order valence-electron chi connectivity index (χ4n) is 8.37. The van der Waals surface area contributed by atoms with Crippen LogP contribution in [0.5, 0.6) is 0 Å². The Morgan fingerprint density at radius 3 is 2.32 bits per heavy atom. The molecule has 0 bridgehead atoms. The zero-order chi connectivity index (χ0) is 17.3. The van der Waals surface area contributed by atoms with Crippen molar-refractivity contribution in [2.24, 2.45) is 40.4 Å². The topological polar surface area (TPSA) is 18.5 Å². The van der Waals surface area contributed by atoms with Crippen molar-refractivity contribution in [2.45, 2.75) is 90.8 Å². The minimum absolute atomic E-state index is 0.251. The number of hydrogen-bond acceptors (Lipinski definition) is 2. The molecule has 142 valence electrons. The van der Waals surface area contributed by atoms with E-state index in [9.17, 15) is 0 Å². The van der Waals surface area contributed by atoms with Gasteiger partial charge in [0.1, 0.15) is 0 Å². The molecule has 2 heteroatoms. The molecule has 2 nitrogen and oxygen atoms in total. The second kappa shape index (κ2) is 5.71. The summed E-state index contributed by atoms with van der Waals surface area (Å²) in [6.07, 6.45) is 14.2. The molecule has 1 aliphatic heterocycles. The number of ether oxygens (including phenoxy) is 2. The first-order valence-corrected chi connectivity index (χ1v) is 11.3. The SMILES string of the molecule is CC1COC2(CCC3C4CCC5CCCCC5(C)C4CCC32C)OC1. The van der Waals surface area contributed by atoms with E-state index in [1.54, 1.807) is 0 Å². The van der Waals surface area contributed by atoms with Gasteiger partial charge in [-0.3, -0.25) is 0 Å². The van der Waals surface area contributed by atoms with E-state index in [1.165, 1.54) is 57.8 Å². The van der Waals surface area contributed by atoms with Gasteiger partial charge in [0.25, 0.3) is 0 Å². The van der Waals surface area contributed by atoms with Crippen LogP contribution in [0.2, 0.25) is 0 Å². The molecule has 5 fully saturated rings. The lowest BCUT2D eigenvalue weighted by Gasteiger charge is -2.61. The van der Waals surface area contributed by atoms with E-state index in [2.05, 4.69) is 20.8 Å². The average Bonchev–Trinajstić information content (AvgIpc) is 2.90. The maximum absolute atomic E-state index is 6.50. The van der Waals surface area contributed by atoms with Crippen LogP contribution in [0, 0.1) is 40.4 Å². The molecule has 0 amide bonds. The van der Waals surface area contributed by atoms with Crippen molar-refractivity contribution in [2.75, 3.05) is 13.2 Å². The van der Waals surface area contributed by atoms with Crippen LogP contribution in [-0.2, 0) is 9.47 Å². The van der Waals surface area contributed by atoms with E-state index in [1.807, 2.05) is 0 Å². The summed E-state index contributed by atoms with van der Waals surface area (Å²) < 4.78 is 13.0. The lowest BCUT2D eigenvalue weighted by atomic mass is 9.45. The van der Waals surface area contributed by atoms with Crippen LogP contribution in [0.4, 0.5) is 0 Å². The van der Waals surface area contributed by atoms with Crippen molar-refractivity contribution in [1.29, 1.82) is 0 Å². The van der Waals surface area contributed by atoms with Gasteiger partial charge in [-0.15, -0.1) is 0 Å². The lowest BCUT2D eigenvalue weighted by molar-refractivity contribution is -0.335. The molecule has 1 spiro atoms. The Kier molecular flexibility index (Phi) is 3.89. The van der Waals surface area contributed by atoms with Gasteiger partial charge in [-0.25, -0.2) is 0 Å². The van der Waals surface area contributed by atoms with Crippen molar-refractivity contribution in [1.82, 2.24) is 0 Å². The second-order valence-corrected chi connectivity index (χ2v) is 10.9. The minimum Gasteiger partial charge on any atom is -0.349 e. The van der Waals surface area contributed by atoms with Crippen LogP contribution in [0.15, 0.2) is 0 Å². The molecule has 4 saturated carbocycles. The Hall–Kier alpha value is -0.0800. The predicted octanol–water partition coefficient (Wildman–Crippen LogP) is 5.80. The normalized spacial score (nSPS) is 58.4. The van der Waals surface area contributed by atoms with E-state index in [0.717, 1.165) is 43.3 Å². The van der Waals surface area contributed by atoms with Crippen molar-refractivity contribution < 1.29 is 9.47 Å². The summed E-state index contributed by atoms with van der Waals surface area (Å²) in [5.74, 6) is 4.07. The van der Waals surface area contributed by atoms with Crippen molar-refractivity contribution >= 4 is 0 Å². The molecular weight excluding hydrogens is 308 g/mol. The van der Waals surface area contributed by atoms with Crippen LogP contribution in [-0.4, -0.2) is 19.0 Å². The fourth-order valence-corrected chi connectivity index (χ4v) is 8.37. The summed E-state index contributed by atoms with van der Waals surface area (Å²) in [7, 11) is 0. The monoisotopic (exact) mass is 346 g/mol. The van der Waals surface area contributed by atoms with Crippen molar-refractivity contribution in [3.8, 4) is 0 Å². The summed E-state index contributed by atoms with van der Waals surface area (Å²) in [6, 6.07) is 0. The fraction of sp³-hybridized carbons (Fsp3) is 1.00. The highest BCUT2D eigenvalue weighted by atomic mass is 16.7. The zero-order valence-corrected chi connectivity index (χ0v) is 16.7. The molecular formula is C23H38O2. The summed E-state index contributed by atoms with van der Waals surface area (Å²) in [5, 5.41) is 0. The van der Waals surface area contributed by atoms with Crippen LogP contribution in [0.25, 0.3) is 0 Å². The molecule has 1 heterocycles. The molecule has 1 saturated heterocycles. The first-order chi connectivity index (χ1) is 12.0. The number of hydrogen-bond donors (Lipinski definition) is 0. The van der Waals surface area contributed by atoms with Gasteiger partial charge in [-0.1, -0.05) is 33.6 Å². The van der Waals surface area contributed by atoms with Gasteiger partial charge in [0.15, 0.2) is 5.79 Å². The summed E-state index contributed by atoms with van der Waals surface area (Å²) >= 11 is 0. The standard InChI is InChI=1S/C23H38O2/c1-16-14-24-23(25-15-16)13-10-20-18-8-7-17-6-4-5-11-21(17,2)19(18)9-12-22(20,23)3/h16-20H,4-15H2,1-3H3. The van der Waals surface area contributed by atoms with Gasteiger partial charge >= 0.3 is 0 Å². The molecule has 4 aliphatic carbocycles. The van der Waals surface area contributed by atoms with Crippen LogP contribution in [0.3, 0.4) is 0 Å². The Morgan fingerprint density at radius 2 is 1.52 bits per heavy atom. The van der Waals surface area contributed by atoms with Gasteiger partial charge < -0.3 is 9.47 Å². The first-order valence-electron chi connectivity index (χ1n) is 11.3. The van der Waals surface area contributed by atoms with Gasteiger partial charge in [0.05, 0.1) is 13.2 Å². The van der Waals surface area contributed by atoms with Gasteiger partial charge in [0, 0.05) is 17.8 Å². The maximum Gasteiger partial charge on any atom is 0.173 e. The van der Waals surface area contributed by atoms with E-state index in [4.69, 9.17) is 9.47 Å². The average molecular weight is 347 g/mol. The molecule has 0 aromatic carbocycles. The third kappa shape index (κ3) is 2.22. The molecule has 0 radical (unpaired) electrons. The third-order valence-corrected chi connectivity index (χ3v) is 9.83. The largest absolute Gasteiger partial charge is 0.349 e. The maximum atomic E-state index is 6.50. The summed E-state index contributed by atoms with van der Waals surface area (Å²) in [5.41, 5.74) is 0.896. The predicted molar refractivity (Wildman–Crippen MR) is 100 cm³/mol. The van der Waals surface area contributed by atoms with E-state index in [-0.39, 0.29) is 11.2 Å². The van der Waals surface area contributed by atoms with E-state index >= 15 is 0 Å². The second-order valence-electron chi connectivity index (χ2n) is 10.9. The zero-order valence-electron chi connectivity index (χ0n) is 16.7. The minimum atomic E-state index is -0.251. The summed E-state index contributed by atoms with van der Waals surface area (Å²) in [6.45, 7) is 9.26. The van der Waals surface area contributed by atoms with Crippen LogP contribution < -0.4 is 0 Å². The highest BCUT2D eigenvalue weighted by Gasteiger charge is 2.66. The van der Waals surface area contributed by atoms with Gasteiger partial charge in [-0.2, -0.15) is 0 Å². The van der Waals surface area contributed by atoms with Crippen molar-refractivity contribution in [3.63, 3.8) is 0 Å². The molecule has 6 unspecified atom stereocenters. The van der Waals surface area contributed by atoms with Gasteiger partial charge in [-0.05, 0) is 74.0 Å². The van der Waals surface area contributed by atoms with Gasteiger partial charge in [0.2, 0.25) is 0 Å². The number of fused-ring (bicyclic) bond motifs is 6. The Labute approximate surface area is 154 Å². The molecule has 0 aromatic rings. The highest BCUT2D eigenvalue weighted by molar-refractivity contribution is 5.12. The molecule has 6 atom stereocenters. The van der Waals surface area contributed by atoms with Crippen LogP contribution >= 0.6 is 0 Å². The lowest BCUT2D eigenvalue weighted by Crippen LogP contribution is -2.59. The Bertz CT molecular complexity index is 522. The third-order valence-electron chi connectivity index (χ3n) is 9.83. The highest BCUT2D eigenvalue weighted by Crippen LogP contribution is 2.69.